The van der Waals surface area contributed by atoms with E-state index in [4.69, 9.17) is 0 Å². The first-order chi connectivity index (χ1) is 10.3. The molecule has 110 valence electrons. The summed E-state index contributed by atoms with van der Waals surface area (Å²) in [5.74, 6) is 0.182. The highest BCUT2D eigenvalue weighted by Crippen LogP contribution is 2.34. The van der Waals surface area contributed by atoms with Crippen LogP contribution >= 0.6 is 0 Å². The average Bonchev–Trinajstić information content (AvgIpc) is 3.11. The number of fused-ring (bicyclic) bond motifs is 3. The minimum Gasteiger partial charge on any atom is -0.347 e. The second kappa shape index (κ2) is 4.88. The molecular formula is C17H21N3O. The molecular weight excluding hydrogens is 262 g/mol. The van der Waals surface area contributed by atoms with E-state index in [0.717, 1.165) is 50.1 Å². The molecule has 0 spiro atoms. The summed E-state index contributed by atoms with van der Waals surface area (Å²) in [6.07, 6.45) is 3.53. The van der Waals surface area contributed by atoms with Crippen molar-refractivity contribution in [2.75, 3.05) is 26.2 Å². The van der Waals surface area contributed by atoms with Crippen molar-refractivity contribution in [3.8, 4) is 0 Å². The first-order valence-electron chi connectivity index (χ1n) is 7.86. The van der Waals surface area contributed by atoms with E-state index >= 15 is 0 Å². The van der Waals surface area contributed by atoms with Crippen LogP contribution in [0.25, 0.3) is 10.9 Å². The summed E-state index contributed by atoms with van der Waals surface area (Å²) >= 11 is 0. The first-order valence-corrected chi connectivity index (χ1v) is 7.86. The van der Waals surface area contributed by atoms with Crippen molar-refractivity contribution in [3.05, 3.63) is 35.0 Å². The molecule has 2 aromatic rings. The predicted molar refractivity (Wildman–Crippen MR) is 83.7 cm³/mol. The normalized spacial score (nSPS) is 18.2. The fraction of sp³-hybridized carbons (Fsp3) is 0.471. The van der Waals surface area contributed by atoms with Crippen LogP contribution in [0.2, 0.25) is 0 Å². The van der Waals surface area contributed by atoms with Gasteiger partial charge in [0.1, 0.15) is 0 Å². The summed E-state index contributed by atoms with van der Waals surface area (Å²) in [6, 6.07) is 6.20. The van der Waals surface area contributed by atoms with Crippen molar-refractivity contribution in [2.45, 2.75) is 19.3 Å². The topological polar surface area (TPSA) is 37.3 Å². The molecule has 0 radical (unpaired) electrons. The highest BCUT2D eigenvalue weighted by molar-refractivity contribution is 6.07. The van der Waals surface area contributed by atoms with E-state index in [1.807, 2.05) is 17.0 Å². The summed E-state index contributed by atoms with van der Waals surface area (Å²) in [4.78, 5) is 14.9. The molecule has 1 aromatic carbocycles. The standard InChI is InChI=1S/C17H21N3O/c1-19-15-7-3-4-12(15)13-5-2-6-14(16(13)19)17(21)20-10-8-18-9-11-20/h2,5-6,18H,3-4,7-11H2,1H3. The molecule has 0 atom stereocenters. The van der Waals surface area contributed by atoms with Gasteiger partial charge in [-0.1, -0.05) is 12.1 Å². The van der Waals surface area contributed by atoms with Crippen molar-refractivity contribution in [3.63, 3.8) is 0 Å². The maximum absolute atomic E-state index is 12.9. The van der Waals surface area contributed by atoms with Crippen LogP contribution in [0, 0.1) is 0 Å². The van der Waals surface area contributed by atoms with Gasteiger partial charge in [-0.15, -0.1) is 0 Å². The average molecular weight is 283 g/mol. The monoisotopic (exact) mass is 283 g/mol. The maximum Gasteiger partial charge on any atom is 0.256 e. The minimum absolute atomic E-state index is 0.182. The Morgan fingerprint density at radius 1 is 1.19 bits per heavy atom. The van der Waals surface area contributed by atoms with E-state index < -0.39 is 0 Å². The van der Waals surface area contributed by atoms with Crippen molar-refractivity contribution < 1.29 is 4.79 Å². The fourth-order valence-corrected chi connectivity index (χ4v) is 3.88. The highest BCUT2D eigenvalue weighted by atomic mass is 16.2. The summed E-state index contributed by atoms with van der Waals surface area (Å²) in [7, 11) is 2.11. The minimum atomic E-state index is 0.182. The molecule has 2 aliphatic rings. The number of aromatic nitrogens is 1. The lowest BCUT2D eigenvalue weighted by molar-refractivity contribution is 0.0737. The number of rotatable bonds is 1. The zero-order valence-corrected chi connectivity index (χ0v) is 12.5. The van der Waals surface area contributed by atoms with Crippen LogP contribution in [-0.2, 0) is 19.9 Å². The van der Waals surface area contributed by atoms with Crippen molar-refractivity contribution in [2.24, 2.45) is 7.05 Å². The van der Waals surface area contributed by atoms with Gasteiger partial charge in [-0.3, -0.25) is 4.79 Å². The van der Waals surface area contributed by atoms with Crippen molar-refractivity contribution >= 4 is 16.8 Å². The van der Waals surface area contributed by atoms with Gasteiger partial charge in [0, 0.05) is 44.3 Å². The Morgan fingerprint density at radius 3 is 2.81 bits per heavy atom. The smallest absolute Gasteiger partial charge is 0.256 e. The number of piperazine rings is 1. The van der Waals surface area contributed by atoms with Crippen LogP contribution in [0.4, 0.5) is 0 Å². The summed E-state index contributed by atoms with van der Waals surface area (Å²) in [5, 5.41) is 4.59. The van der Waals surface area contributed by atoms with Crippen LogP contribution < -0.4 is 5.32 Å². The number of aryl methyl sites for hydroxylation is 2. The van der Waals surface area contributed by atoms with E-state index in [2.05, 4.69) is 23.0 Å². The molecule has 1 aliphatic carbocycles. The molecule has 1 fully saturated rings. The zero-order chi connectivity index (χ0) is 14.4. The van der Waals surface area contributed by atoms with Gasteiger partial charge in [0.05, 0.1) is 11.1 Å². The maximum atomic E-state index is 12.9. The van der Waals surface area contributed by atoms with E-state index in [1.165, 1.54) is 23.1 Å². The van der Waals surface area contributed by atoms with Crippen LogP contribution in [0.1, 0.15) is 28.0 Å². The van der Waals surface area contributed by atoms with Gasteiger partial charge in [0.2, 0.25) is 0 Å². The lowest BCUT2D eigenvalue weighted by Gasteiger charge is -2.27. The van der Waals surface area contributed by atoms with E-state index in [9.17, 15) is 4.79 Å². The molecule has 0 unspecified atom stereocenters. The molecule has 1 aliphatic heterocycles. The summed E-state index contributed by atoms with van der Waals surface area (Å²) in [5.41, 5.74) is 4.88. The fourth-order valence-electron chi connectivity index (χ4n) is 3.88. The largest absolute Gasteiger partial charge is 0.347 e. The molecule has 1 amide bonds. The Bertz CT molecular complexity index is 710. The second-order valence-corrected chi connectivity index (χ2v) is 6.08. The Morgan fingerprint density at radius 2 is 2.00 bits per heavy atom. The number of nitrogens with zero attached hydrogens (tertiary/aromatic N) is 2. The van der Waals surface area contributed by atoms with E-state index in [-0.39, 0.29) is 5.91 Å². The summed E-state index contributed by atoms with van der Waals surface area (Å²) in [6.45, 7) is 3.40. The number of carbonyl (C=O) groups excluding carboxylic acids is 1. The van der Waals surface area contributed by atoms with Crippen molar-refractivity contribution in [1.82, 2.24) is 14.8 Å². The van der Waals surface area contributed by atoms with Gasteiger partial charge >= 0.3 is 0 Å². The lowest BCUT2D eigenvalue weighted by atomic mass is 10.1. The molecule has 0 saturated carbocycles. The molecule has 1 aromatic heterocycles. The molecule has 0 bridgehead atoms. The second-order valence-electron chi connectivity index (χ2n) is 6.08. The Hall–Kier alpha value is -1.81. The quantitative estimate of drug-likeness (QED) is 0.865. The number of nitrogens with one attached hydrogen (secondary N) is 1. The van der Waals surface area contributed by atoms with Gasteiger partial charge < -0.3 is 14.8 Å². The predicted octanol–water partition coefficient (Wildman–Crippen LogP) is 1.71. The highest BCUT2D eigenvalue weighted by Gasteiger charge is 2.25. The van der Waals surface area contributed by atoms with Crippen LogP contribution in [0.3, 0.4) is 0 Å². The third-order valence-corrected chi connectivity index (χ3v) is 4.92. The molecule has 4 heteroatoms. The number of hydrogen-bond donors (Lipinski definition) is 1. The van der Waals surface area contributed by atoms with E-state index in [0.29, 0.717) is 0 Å². The van der Waals surface area contributed by atoms with Gasteiger partial charge in [-0.05, 0) is 30.9 Å². The third-order valence-electron chi connectivity index (χ3n) is 4.92. The van der Waals surface area contributed by atoms with Gasteiger partial charge in [-0.2, -0.15) is 0 Å². The molecule has 4 nitrogen and oxygen atoms in total. The number of amides is 1. The number of hydrogen-bond acceptors (Lipinski definition) is 2. The SMILES string of the molecule is Cn1c2c(c3cccc(C(=O)N4CCNCC4)c31)CCC2. The Balaban J connectivity index is 1.84. The van der Waals surface area contributed by atoms with Crippen molar-refractivity contribution in [1.29, 1.82) is 0 Å². The molecule has 1 saturated heterocycles. The third kappa shape index (κ3) is 1.89. The molecule has 4 rings (SSSR count). The zero-order valence-electron chi connectivity index (χ0n) is 12.5. The van der Waals surface area contributed by atoms with Gasteiger partial charge in [0.15, 0.2) is 0 Å². The summed E-state index contributed by atoms with van der Waals surface area (Å²) < 4.78 is 2.26. The lowest BCUT2D eigenvalue weighted by Crippen LogP contribution is -2.46. The first kappa shape index (κ1) is 12.9. The van der Waals surface area contributed by atoms with Crippen LogP contribution in [0.15, 0.2) is 18.2 Å². The number of para-hydroxylation sites is 1. The van der Waals surface area contributed by atoms with Crippen LogP contribution in [0.5, 0.6) is 0 Å². The number of benzene rings is 1. The molecule has 21 heavy (non-hydrogen) atoms. The van der Waals surface area contributed by atoms with Crippen LogP contribution in [-0.4, -0.2) is 41.6 Å². The Labute approximate surface area is 124 Å². The number of carbonyl (C=O) groups is 1. The molecule has 2 heterocycles. The van der Waals surface area contributed by atoms with E-state index in [1.54, 1.807) is 0 Å². The van der Waals surface area contributed by atoms with Gasteiger partial charge in [-0.25, -0.2) is 0 Å². The Kier molecular flexibility index (Phi) is 3.00. The molecule has 1 N–H and O–H groups in total. The van der Waals surface area contributed by atoms with Gasteiger partial charge in [0.25, 0.3) is 5.91 Å².